The highest BCUT2D eigenvalue weighted by Gasteiger charge is 2.57. The Hall–Kier alpha value is -1.28. The van der Waals surface area contributed by atoms with Gasteiger partial charge in [-0.25, -0.2) is 4.39 Å². The number of aliphatic hydroxyl groups excluding tert-OH is 1. The summed E-state index contributed by atoms with van der Waals surface area (Å²) in [6.45, 7) is -2.80. The lowest BCUT2D eigenvalue weighted by atomic mass is 10.1. The molecule has 8 heteroatoms. The third-order valence-corrected chi connectivity index (χ3v) is 2.24. The average molecular weight is 288 g/mol. The molecule has 0 aliphatic carbocycles. The summed E-state index contributed by atoms with van der Waals surface area (Å²) in [6, 6.07) is 4.91. The first kappa shape index (κ1) is 15.8. The number of rotatable bonds is 5. The first-order chi connectivity index (χ1) is 8.65. The fourth-order valence-electron chi connectivity index (χ4n) is 1.22. The molecule has 0 amide bonds. The van der Waals surface area contributed by atoms with Gasteiger partial charge in [0.25, 0.3) is 0 Å². The van der Waals surface area contributed by atoms with E-state index in [9.17, 15) is 31.4 Å². The predicted octanol–water partition coefficient (Wildman–Crippen LogP) is 3.07. The molecule has 2 nitrogen and oxygen atoms in total. The van der Waals surface area contributed by atoms with Crippen molar-refractivity contribution in [1.29, 1.82) is 0 Å². The van der Waals surface area contributed by atoms with Crippen LogP contribution in [0.25, 0.3) is 0 Å². The molecule has 1 aromatic rings. The maximum Gasteiger partial charge on any atom is 0.455 e. The Kier molecular flexibility index (Phi) is 4.81. The van der Waals surface area contributed by atoms with Gasteiger partial charge < -0.3 is 9.84 Å². The third kappa shape index (κ3) is 4.10. The van der Waals surface area contributed by atoms with Crippen LogP contribution in [0.2, 0.25) is 0 Å². The van der Waals surface area contributed by atoms with Crippen molar-refractivity contribution in [3.05, 3.63) is 35.6 Å². The standard InChI is InChI=1S/C11H10F6O2/c12-8-4-2-1-3-7(8)9(18)5-19-6-10(13,14)11(15,16)17/h1-4,9,18H,5-6H2. The van der Waals surface area contributed by atoms with Crippen LogP contribution in [-0.4, -0.2) is 30.4 Å². The van der Waals surface area contributed by atoms with E-state index in [1.807, 2.05) is 0 Å². The number of aliphatic hydroxyl groups is 1. The van der Waals surface area contributed by atoms with E-state index in [0.717, 1.165) is 6.07 Å². The van der Waals surface area contributed by atoms with Crippen molar-refractivity contribution in [1.82, 2.24) is 0 Å². The van der Waals surface area contributed by atoms with Gasteiger partial charge in [-0.05, 0) is 6.07 Å². The molecule has 0 spiro atoms. The molecule has 0 radical (unpaired) electrons. The quantitative estimate of drug-likeness (QED) is 0.844. The van der Waals surface area contributed by atoms with Crippen LogP contribution in [0.3, 0.4) is 0 Å². The number of halogens is 6. The molecule has 0 aliphatic heterocycles. The SMILES string of the molecule is OC(COCC(F)(F)C(F)(F)F)c1ccccc1F. The Balaban J connectivity index is 2.53. The molecule has 19 heavy (non-hydrogen) atoms. The minimum absolute atomic E-state index is 0.238. The number of hydrogen-bond donors (Lipinski definition) is 1. The Morgan fingerprint density at radius 1 is 1.11 bits per heavy atom. The van der Waals surface area contributed by atoms with Crippen LogP contribution in [0.4, 0.5) is 26.3 Å². The Bertz CT molecular complexity index is 418. The second kappa shape index (κ2) is 5.79. The van der Waals surface area contributed by atoms with E-state index in [0.29, 0.717) is 0 Å². The fourth-order valence-corrected chi connectivity index (χ4v) is 1.22. The molecule has 0 saturated heterocycles. The van der Waals surface area contributed by atoms with Crippen molar-refractivity contribution in [3.63, 3.8) is 0 Å². The highest BCUT2D eigenvalue weighted by Crippen LogP contribution is 2.35. The van der Waals surface area contributed by atoms with E-state index in [1.54, 1.807) is 0 Å². The minimum Gasteiger partial charge on any atom is -0.386 e. The number of benzene rings is 1. The maximum absolute atomic E-state index is 13.1. The van der Waals surface area contributed by atoms with Crippen molar-refractivity contribution in [2.75, 3.05) is 13.2 Å². The summed E-state index contributed by atoms with van der Waals surface area (Å²) in [5.41, 5.74) is -0.238. The molecule has 0 saturated carbocycles. The molecule has 0 bridgehead atoms. The van der Waals surface area contributed by atoms with Crippen LogP contribution >= 0.6 is 0 Å². The van der Waals surface area contributed by atoms with Crippen LogP contribution in [0.15, 0.2) is 24.3 Å². The molecule has 0 aromatic heterocycles. The molecule has 1 aromatic carbocycles. The summed E-state index contributed by atoms with van der Waals surface area (Å²) in [7, 11) is 0. The Morgan fingerprint density at radius 3 is 2.21 bits per heavy atom. The molecule has 1 unspecified atom stereocenters. The van der Waals surface area contributed by atoms with Crippen molar-refractivity contribution >= 4 is 0 Å². The molecule has 1 rings (SSSR count). The van der Waals surface area contributed by atoms with E-state index >= 15 is 0 Å². The molecule has 0 fully saturated rings. The van der Waals surface area contributed by atoms with Gasteiger partial charge in [0.15, 0.2) is 0 Å². The second-order valence-electron chi connectivity index (χ2n) is 3.75. The van der Waals surface area contributed by atoms with Crippen molar-refractivity contribution in [3.8, 4) is 0 Å². The van der Waals surface area contributed by atoms with Gasteiger partial charge in [-0.2, -0.15) is 22.0 Å². The van der Waals surface area contributed by atoms with Gasteiger partial charge in [0.2, 0.25) is 0 Å². The lowest BCUT2D eigenvalue weighted by Gasteiger charge is -2.20. The molecular weight excluding hydrogens is 278 g/mol. The monoisotopic (exact) mass is 288 g/mol. The van der Waals surface area contributed by atoms with Gasteiger partial charge in [0.1, 0.15) is 18.5 Å². The molecule has 0 heterocycles. The minimum atomic E-state index is -5.73. The van der Waals surface area contributed by atoms with Crippen LogP contribution in [-0.2, 0) is 4.74 Å². The van der Waals surface area contributed by atoms with Crippen LogP contribution in [0.5, 0.6) is 0 Å². The van der Waals surface area contributed by atoms with Crippen molar-refractivity contribution < 1.29 is 36.2 Å². The summed E-state index contributed by atoms with van der Waals surface area (Å²) < 4.78 is 77.5. The zero-order valence-electron chi connectivity index (χ0n) is 9.42. The Morgan fingerprint density at radius 2 is 1.68 bits per heavy atom. The summed E-state index contributed by atoms with van der Waals surface area (Å²) in [6.07, 6.45) is -7.35. The lowest BCUT2D eigenvalue weighted by Crippen LogP contribution is -2.41. The molecule has 108 valence electrons. The first-order valence-electron chi connectivity index (χ1n) is 5.10. The summed E-state index contributed by atoms with van der Waals surface area (Å²) >= 11 is 0. The van der Waals surface area contributed by atoms with Crippen molar-refractivity contribution in [2.45, 2.75) is 18.2 Å². The molecule has 1 atom stereocenters. The average Bonchev–Trinajstić information content (AvgIpc) is 2.27. The second-order valence-corrected chi connectivity index (χ2v) is 3.75. The van der Waals surface area contributed by atoms with E-state index in [-0.39, 0.29) is 5.56 Å². The highest BCUT2D eigenvalue weighted by molar-refractivity contribution is 5.19. The largest absolute Gasteiger partial charge is 0.455 e. The van der Waals surface area contributed by atoms with Gasteiger partial charge in [0.05, 0.1) is 6.61 Å². The van der Waals surface area contributed by atoms with Gasteiger partial charge in [-0.3, -0.25) is 0 Å². The smallest absolute Gasteiger partial charge is 0.386 e. The number of ether oxygens (including phenoxy) is 1. The highest BCUT2D eigenvalue weighted by atomic mass is 19.4. The Labute approximate surface area is 104 Å². The summed E-state index contributed by atoms with van der Waals surface area (Å²) in [4.78, 5) is 0. The van der Waals surface area contributed by atoms with Gasteiger partial charge in [0, 0.05) is 5.56 Å². The van der Waals surface area contributed by atoms with E-state index in [4.69, 9.17) is 0 Å². The molecule has 0 aliphatic rings. The van der Waals surface area contributed by atoms with Gasteiger partial charge in [-0.1, -0.05) is 18.2 Å². The number of alkyl halides is 5. The maximum atomic E-state index is 13.1. The molecular formula is C11H10F6O2. The van der Waals surface area contributed by atoms with E-state index in [2.05, 4.69) is 4.74 Å². The third-order valence-electron chi connectivity index (χ3n) is 2.24. The normalized spacial score (nSPS) is 14.5. The van der Waals surface area contributed by atoms with Crippen LogP contribution in [0, 0.1) is 5.82 Å². The summed E-state index contributed by atoms with van der Waals surface area (Å²) in [5, 5.41) is 9.41. The van der Waals surface area contributed by atoms with Gasteiger partial charge >= 0.3 is 12.1 Å². The lowest BCUT2D eigenvalue weighted by molar-refractivity contribution is -0.297. The summed E-state index contributed by atoms with van der Waals surface area (Å²) in [5.74, 6) is -5.82. The zero-order valence-corrected chi connectivity index (χ0v) is 9.42. The fraction of sp³-hybridized carbons (Fsp3) is 0.455. The van der Waals surface area contributed by atoms with Crippen LogP contribution in [0.1, 0.15) is 11.7 Å². The predicted molar refractivity (Wildman–Crippen MR) is 53.2 cm³/mol. The zero-order chi connectivity index (χ0) is 14.7. The molecule has 1 N–H and O–H groups in total. The van der Waals surface area contributed by atoms with Crippen molar-refractivity contribution in [2.24, 2.45) is 0 Å². The van der Waals surface area contributed by atoms with E-state index in [1.165, 1.54) is 18.2 Å². The van der Waals surface area contributed by atoms with Crippen LogP contribution < -0.4 is 0 Å². The first-order valence-corrected chi connectivity index (χ1v) is 5.10. The topological polar surface area (TPSA) is 29.5 Å². The van der Waals surface area contributed by atoms with Gasteiger partial charge in [-0.15, -0.1) is 0 Å². The number of hydrogen-bond acceptors (Lipinski definition) is 2. The van der Waals surface area contributed by atoms with E-state index < -0.39 is 37.2 Å².